The molecule has 1 N–H and O–H groups in total. The van der Waals surface area contributed by atoms with Crippen molar-refractivity contribution in [3.63, 3.8) is 0 Å². The Labute approximate surface area is 149 Å². The third kappa shape index (κ3) is 4.17. The van der Waals surface area contributed by atoms with Crippen molar-refractivity contribution in [3.8, 4) is 0 Å². The summed E-state index contributed by atoms with van der Waals surface area (Å²) >= 11 is 0. The number of ether oxygens (including phenoxy) is 1. The van der Waals surface area contributed by atoms with Gasteiger partial charge in [0.2, 0.25) is 5.95 Å². The summed E-state index contributed by atoms with van der Waals surface area (Å²) in [7, 11) is 0. The van der Waals surface area contributed by atoms with E-state index in [4.69, 9.17) is 4.74 Å². The molecule has 0 unspecified atom stereocenters. The third-order valence-corrected chi connectivity index (χ3v) is 4.97. The molecule has 1 saturated carbocycles. The second-order valence-corrected chi connectivity index (χ2v) is 7.05. The molecular weight excluding hydrogens is 312 g/mol. The summed E-state index contributed by atoms with van der Waals surface area (Å²) in [4.78, 5) is 11.3. The van der Waals surface area contributed by atoms with Crippen molar-refractivity contribution in [2.45, 2.75) is 38.5 Å². The van der Waals surface area contributed by atoms with E-state index in [1.54, 1.807) is 0 Å². The van der Waals surface area contributed by atoms with E-state index in [0.29, 0.717) is 12.1 Å². The quantitative estimate of drug-likeness (QED) is 0.876. The minimum absolute atomic E-state index is 0.155. The van der Waals surface area contributed by atoms with Crippen molar-refractivity contribution in [1.29, 1.82) is 0 Å². The fourth-order valence-electron chi connectivity index (χ4n) is 3.51. The second kappa shape index (κ2) is 7.50. The lowest BCUT2D eigenvalue weighted by atomic mass is 10.0. The molecular formula is C20H26N4O. The van der Waals surface area contributed by atoms with Crippen LogP contribution in [0.2, 0.25) is 0 Å². The molecule has 0 bridgehead atoms. The van der Waals surface area contributed by atoms with E-state index in [-0.39, 0.29) is 6.10 Å². The first-order chi connectivity index (χ1) is 12.3. The van der Waals surface area contributed by atoms with E-state index in [9.17, 15) is 0 Å². The van der Waals surface area contributed by atoms with Crippen LogP contribution < -0.4 is 5.32 Å². The maximum atomic E-state index is 6.43. The smallest absolute Gasteiger partial charge is 0.222 e. The van der Waals surface area contributed by atoms with Crippen LogP contribution in [0.4, 0.5) is 5.95 Å². The number of morpholine rings is 1. The monoisotopic (exact) mass is 338 g/mol. The van der Waals surface area contributed by atoms with Gasteiger partial charge in [-0.3, -0.25) is 4.90 Å². The molecule has 4 rings (SSSR count). The lowest BCUT2D eigenvalue weighted by molar-refractivity contribution is -0.0986. The van der Waals surface area contributed by atoms with Gasteiger partial charge >= 0.3 is 0 Å². The van der Waals surface area contributed by atoms with Gasteiger partial charge in [0.05, 0.1) is 12.2 Å². The minimum atomic E-state index is 0.155. The van der Waals surface area contributed by atoms with Gasteiger partial charge in [0.15, 0.2) is 0 Å². The van der Waals surface area contributed by atoms with Crippen LogP contribution >= 0.6 is 0 Å². The van der Waals surface area contributed by atoms with Crippen molar-refractivity contribution in [3.05, 3.63) is 53.9 Å². The van der Waals surface area contributed by atoms with Gasteiger partial charge < -0.3 is 10.1 Å². The largest absolute Gasteiger partial charge is 0.367 e. The molecule has 25 heavy (non-hydrogen) atoms. The summed E-state index contributed by atoms with van der Waals surface area (Å²) in [5.74, 6) is 1.44. The van der Waals surface area contributed by atoms with E-state index in [1.165, 1.54) is 18.4 Å². The predicted octanol–water partition coefficient (Wildman–Crippen LogP) is 3.26. The van der Waals surface area contributed by atoms with Gasteiger partial charge in [-0.1, -0.05) is 30.3 Å². The molecule has 132 valence electrons. The van der Waals surface area contributed by atoms with E-state index >= 15 is 0 Å². The summed E-state index contributed by atoms with van der Waals surface area (Å²) in [6.45, 7) is 5.69. The number of hydrogen-bond acceptors (Lipinski definition) is 5. The molecule has 2 heterocycles. The zero-order valence-electron chi connectivity index (χ0n) is 14.8. The first kappa shape index (κ1) is 16.5. The van der Waals surface area contributed by atoms with Crippen LogP contribution in [0.25, 0.3) is 0 Å². The van der Waals surface area contributed by atoms with Gasteiger partial charge in [-0.2, -0.15) is 0 Å². The Morgan fingerprint density at radius 1 is 1.12 bits per heavy atom. The molecule has 0 radical (unpaired) electrons. The summed E-state index contributed by atoms with van der Waals surface area (Å²) in [6.07, 6.45) is 6.98. The van der Waals surface area contributed by atoms with Crippen molar-refractivity contribution >= 4 is 5.95 Å². The molecule has 0 amide bonds. The highest BCUT2D eigenvalue weighted by Gasteiger charge is 2.38. The Morgan fingerprint density at radius 2 is 1.88 bits per heavy atom. The molecule has 1 saturated heterocycles. The number of rotatable bonds is 6. The molecule has 1 aromatic heterocycles. The summed E-state index contributed by atoms with van der Waals surface area (Å²) in [5, 5.41) is 3.14. The molecule has 2 aromatic rings. The fourth-order valence-corrected chi connectivity index (χ4v) is 3.51. The van der Waals surface area contributed by atoms with Gasteiger partial charge in [-0.05, 0) is 31.2 Å². The Morgan fingerprint density at radius 3 is 2.56 bits per heavy atom. The van der Waals surface area contributed by atoms with Gasteiger partial charge in [-0.15, -0.1) is 0 Å². The number of nitrogens with zero attached hydrogens (tertiary/aromatic N) is 3. The van der Waals surface area contributed by atoms with Gasteiger partial charge in [-0.25, -0.2) is 9.97 Å². The van der Waals surface area contributed by atoms with Gasteiger partial charge in [0, 0.05) is 44.1 Å². The standard InChI is InChI=1S/C20H26N4O/c1-2-21-20-22-10-15(11-23-20)12-24-13-18(16-6-4-3-5-7-16)25-19(14-24)17-8-9-17/h3-7,10-11,17-19H,2,8-9,12-14H2,1H3,(H,21,22,23)/t18-,19+/m0/s1. The zero-order valence-corrected chi connectivity index (χ0v) is 14.8. The number of aromatic nitrogens is 2. The number of anilines is 1. The second-order valence-electron chi connectivity index (χ2n) is 7.05. The average molecular weight is 338 g/mol. The minimum Gasteiger partial charge on any atom is -0.367 e. The highest BCUT2D eigenvalue weighted by Crippen LogP contribution is 2.39. The number of nitrogens with one attached hydrogen (secondary N) is 1. The lowest BCUT2D eigenvalue weighted by Gasteiger charge is -2.38. The van der Waals surface area contributed by atoms with E-state index < -0.39 is 0 Å². The van der Waals surface area contributed by atoms with Crippen molar-refractivity contribution in [2.75, 3.05) is 25.0 Å². The van der Waals surface area contributed by atoms with Crippen LogP contribution in [0.5, 0.6) is 0 Å². The highest BCUT2D eigenvalue weighted by atomic mass is 16.5. The highest BCUT2D eigenvalue weighted by molar-refractivity contribution is 5.24. The molecule has 1 aliphatic heterocycles. The average Bonchev–Trinajstić information content (AvgIpc) is 3.49. The topological polar surface area (TPSA) is 50.3 Å². The Hall–Kier alpha value is -1.98. The summed E-state index contributed by atoms with van der Waals surface area (Å²) in [6, 6.07) is 10.6. The molecule has 1 aliphatic carbocycles. The zero-order chi connectivity index (χ0) is 17.1. The Bertz CT molecular complexity index is 672. The number of benzene rings is 1. The molecule has 5 heteroatoms. The maximum Gasteiger partial charge on any atom is 0.222 e. The maximum absolute atomic E-state index is 6.43. The molecule has 2 fully saturated rings. The van der Waals surface area contributed by atoms with E-state index in [1.807, 2.05) is 19.3 Å². The van der Waals surface area contributed by atoms with E-state index in [0.717, 1.165) is 37.7 Å². The number of hydrogen-bond donors (Lipinski definition) is 1. The van der Waals surface area contributed by atoms with Crippen LogP contribution in [0.1, 0.15) is 37.0 Å². The fraction of sp³-hybridized carbons (Fsp3) is 0.500. The van der Waals surface area contributed by atoms with Crippen molar-refractivity contribution in [2.24, 2.45) is 5.92 Å². The van der Waals surface area contributed by atoms with Crippen LogP contribution in [-0.4, -0.2) is 40.6 Å². The summed E-state index contributed by atoms with van der Waals surface area (Å²) in [5.41, 5.74) is 2.43. The van der Waals surface area contributed by atoms with Crippen molar-refractivity contribution in [1.82, 2.24) is 14.9 Å². The summed E-state index contributed by atoms with van der Waals surface area (Å²) < 4.78 is 6.43. The first-order valence-electron chi connectivity index (χ1n) is 9.29. The van der Waals surface area contributed by atoms with Crippen LogP contribution in [-0.2, 0) is 11.3 Å². The molecule has 1 aromatic carbocycles. The van der Waals surface area contributed by atoms with Gasteiger partial charge in [0.1, 0.15) is 0 Å². The molecule has 0 spiro atoms. The van der Waals surface area contributed by atoms with Crippen molar-refractivity contribution < 1.29 is 4.74 Å². The van der Waals surface area contributed by atoms with Crippen LogP contribution in [0, 0.1) is 5.92 Å². The Balaban J connectivity index is 1.46. The third-order valence-electron chi connectivity index (χ3n) is 4.97. The molecule has 2 aliphatic rings. The van der Waals surface area contributed by atoms with Crippen LogP contribution in [0.3, 0.4) is 0 Å². The SMILES string of the molecule is CCNc1ncc(CN2C[C@@H](c3ccccc3)O[C@@H](C3CC3)C2)cn1. The van der Waals surface area contributed by atoms with E-state index in [2.05, 4.69) is 50.5 Å². The predicted molar refractivity (Wildman–Crippen MR) is 98.3 cm³/mol. The normalized spacial score (nSPS) is 24.2. The Kier molecular flexibility index (Phi) is 4.95. The lowest BCUT2D eigenvalue weighted by Crippen LogP contribution is -2.44. The first-order valence-corrected chi connectivity index (χ1v) is 9.29. The van der Waals surface area contributed by atoms with Gasteiger partial charge in [0.25, 0.3) is 0 Å². The molecule has 2 atom stereocenters. The molecule has 5 nitrogen and oxygen atoms in total. The van der Waals surface area contributed by atoms with Crippen LogP contribution in [0.15, 0.2) is 42.7 Å².